The first-order valence-electron chi connectivity index (χ1n) is 8.47. The maximum absolute atomic E-state index is 12.4. The Labute approximate surface area is 144 Å². The molecule has 1 aliphatic carbocycles. The van der Waals surface area contributed by atoms with Crippen molar-refractivity contribution >= 4 is 23.0 Å². The predicted molar refractivity (Wildman–Crippen MR) is 97.7 cm³/mol. The maximum Gasteiger partial charge on any atom is 0.166 e. The average Bonchev–Trinajstić information content (AvgIpc) is 2.47. The summed E-state index contributed by atoms with van der Waals surface area (Å²) < 4.78 is 5.77. The smallest absolute Gasteiger partial charge is 0.166 e. The Morgan fingerprint density at radius 2 is 2.00 bits per heavy atom. The van der Waals surface area contributed by atoms with Crippen LogP contribution in [0.2, 0.25) is 5.02 Å². The van der Waals surface area contributed by atoms with Crippen LogP contribution in [0.25, 0.3) is 5.57 Å². The number of hydrogen-bond donors (Lipinski definition) is 0. The average molecular weight is 335 g/mol. The lowest BCUT2D eigenvalue weighted by molar-refractivity contribution is 0.0984. The quantitative estimate of drug-likeness (QED) is 0.612. The molecule has 0 saturated carbocycles. The molecule has 23 heavy (non-hydrogen) atoms. The summed E-state index contributed by atoms with van der Waals surface area (Å²) in [5.74, 6) is 1.02. The van der Waals surface area contributed by atoms with Crippen molar-refractivity contribution in [3.63, 3.8) is 0 Å². The van der Waals surface area contributed by atoms with Crippen LogP contribution in [0.5, 0.6) is 5.75 Å². The number of hydrogen-bond acceptors (Lipinski definition) is 2. The third kappa shape index (κ3) is 3.19. The van der Waals surface area contributed by atoms with Crippen molar-refractivity contribution in [1.82, 2.24) is 0 Å². The number of allylic oxidation sites excluding steroid dienone is 2. The summed E-state index contributed by atoms with van der Waals surface area (Å²) in [6.45, 7) is 13.0. The molecule has 0 saturated heterocycles. The molecule has 126 valence electrons. The Kier molecular flexibility index (Phi) is 5.25. The Morgan fingerprint density at radius 3 is 2.52 bits per heavy atom. The van der Waals surface area contributed by atoms with Gasteiger partial charge in [0.25, 0.3) is 0 Å². The molecule has 0 radical (unpaired) electrons. The lowest BCUT2D eigenvalue weighted by atomic mass is 9.70. The Hall–Kier alpha value is -1.28. The molecule has 0 N–H and O–H groups in total. The molecule has 1 aromatic rings. The summed E-state index contributed by atoms with van der Waals surface area (Å²) >= 11 is 6.76. The molecule has 0 atom stereocenters. The van der Waals surface area contributed by atoms with Crippen molar-refractivity contribution in [2.75, 3.05) is 6.61 Å². The van der Waals surface area contributed by atoms with Gasteiger partial charge in [-0.2, -0.15) is 0 Å². The second kappa shape index (κ2) is 6.68. The number of rotatable bonds is 5. The summed E-state index contributed by atoms with van der Waals surface area (Å²) in [6, 6.07) is 2.00. The SMILES string of the molecule is CCOc1c(C(=O)CC)cc2c(c1Cl)C(C)(C)CC=C2C(C)C. The van der Waals surface area contributed by atoms with E-state index in [1.54, 1.807) is 0 Å². The second-order valence-corrected chi connectivity index (χ2v) is 7.48. The normalized spacial score (nSPS) is 16.1. The van der Waals surface area contributed by atoms with Gasteiger partial charge in [-0.15, -0.1) is 0 Å². The fraction of sp³-hybridized carbons (Fsp3) is 0.550. The van der Waals surface area contributed by atoms with Gasteiger partial charge in [-0.05, 0) is 47.4 Å². The van der Waals surface area contributed by atoms with E-state index in [0.717, 1.165) is 17.5 Å². The topological polar surface area (TPSA) is 26.3 Å². The molecule has 2 rings (SSSR count). The highest BCUT2D eigenvalue weighted by Crippen LogP contribution is 2.49. The van der Waals surface area contributed by atoms with Crippen LogP contribution in [0.1, 0.15) is 75.9 Å². The Balaban J connectivity index is 2.82. The number of carbonyl (C=O) groups is 1. The zero-order valence-corrected chi connectivity index (χ0v) is 15.8. The van der Waals surface area contributed by atoms with E-state index in [1.165, 1.54) is 5.57 Å². The Morgan fingerprint density at radius 1 is 1.35 bits per heavy atom. The highest BCUT2D eigenvalue weighted by molar-refractivity contribution is 6.34. The van der Waals surface area contributed by atoms with E-state index in [-0.39, 0.29) is 11.2 Å². The van der Waals surface area contributed by atoms with Crippen molar-refractivity contribution in [2.24, 2.45) is 5.92 Å². The lowest BCUT2D eigenvalue weighted by Gasteiger charge is -2.35. The highest BCUT2D eigenvalue weighted by atomic mass is 35.5. The van der Waals surface area contributed by atoms with E-state index in [1.807, 2.05) is 19.9 Å². The van der Waals surface area contributed by atoms with Gasteiger partial charge in [-0.3, -0.25) is 4.79 Å². The fourth-order valence-corrected chi connectivity index (χ4v) is 3.84. The van der Waals surface area contributed by atoms with E-state index in [9.17, 15) is 4.79 Å². The zero-order chi connectivity index (χ0) is 17.4. The molecule has 2 nitrogen and oxygen atoms in total. The largest absolute Gasteiger partial charge is 0.492 e. The van der Waals surface area contributed by atoms with Crippen LogP contribution in [-0.4, -0.2) is 12.4 Å². The maximum atomic E-state index is 12.4. The van der Waals surface area contributed by atoms with Crippen LogP contribution in [0.15, 0.2) is 12.1 Å². The number of halogens is 1. The number of benzene rings is 1. The van der Waals surface area contributed by atoms with Crippen molar-refractivity contribution in [3.8, 4) is 5.75 Å². The van der Waals surface area contributed by atoms with Crippen LogP contribution in [-0.2, 0) is 5.41 Å². The predicted octanol–water partition coefficient (Wildman–Crippen LogP) is 6.05. The first-order valence-corrected chi connectivity index (χ1v) is 8.85. The van der Waals surface area contributed by atoms with Gasteiger partial charge in [0, 0.05) is 6.42 Å². The molecule has 0 unspecified atom stereocenters. The molecular formula is C20H27ClO2. The standard InChI is InChI=1S/C20H27ClO2/c1-7-16(22)15-11-14-13(12(3)4)9-10-20(5,6)17(14)18(21)19(15)23-8-2/h9,11-12H,7-8,10H2,1-6H3. The minimum Gasteiger partial charge on any atom is -0.492 e. The summed E-state index contributed by atoms with van der Waals surface area (Å²) in [7, 11) is 0. The molecule has 0 fully saturated rings. The monoisotopic (exact) mass is 334 g/mol. The molecule has 0 heterocycles. The summed E-state index contributed by atoms with van der Waals surface area (Å²) in [4.78, 5) is 12.4. The first-order chi connectivity index (χ1) is 10.7. The number of carbonyl (C=O) groups excluding carboxylic acids is 1. The van der Waals surface area contributed by atoms with Crippen molar-refractivity contribution in [3.05, 3.63) is 33.9 Å². The minimum absolute atomic E-state index is 0.0650. The van der Waals surface area contributed by atoms with Crippen LogP contribution in [0.3, 0.4) is 0 Å². The zero-order valence-electron chi connectivity index (χ0n) is 15.0. The van der Waals surface area contributed by atoms with Crippen LogP contribution in [0, 0.1) is 5.92 Å². The van der Waals surface area contributed by atoms with Gasteiger partial charge in [0.2, 0.25) is 0 Å². The lowest BCUT2D eigenvalue weighted by Crippen LogP contribution is -2.24. The number of Topliss-reactive ketones (excluding diaryl/α,β-unsaturated/α-hetero) is 1. The molecule has 1 aliphatic rings. The molecule has 0 spiro atoms. The van der Waals surface area contributed by atoms with E-state index in [2.05, 4.69) is 33.8 Å². The van der Waals surface area contributed by atoms with Crippen LogP contribution in [0.4, 0.5) is 0 Å². The molecular weight excluding hydrogens is 308 g/mol. The van der Waals surface area contributed by atoms with Crippen molar-refractivity contribution < 1.29 is 9.53 Å². The van der Waals surface area contributed by atoms with Crippen LogP contribution < -0.4 is 4.74 Å². The van der Waals surface area contributed by atoms with E-state index in [4.69, 9.17) is 16.3 Å². The van der Waals surface area contributed by atoms with Crippen molar-refractivity contribution in [1.29, 1.82) is 0 Å². The van der Waals surface area contributed by atoms with Crippen LogP contribution >= 0.6 is 11.6 Å². The third-order valence-electron chi connectivity index (χ3n) is 4.57. The molecule has 3 heteroatoms. The summed E-state index contributed by atoms with van der Waals surface area (Å²) in [5.41, 5.74) is 4.05. The van der Waals surface area contributed by atoms with Gasteiger partial charge < -0.3 is 4.74 Å². The van der Waals surface area contributed by atoms with Gasteiger partial charge in [0.05, 0.1) is 17.2 Å². The van der Waals surface area contributed by atoms with Gasteiger partial charge in [0.15, 0.2) is 5.78 Å². The Bertz CT molecular complexity index is 654. The van der Waals surface area contributed by atoms with Gasteiger partial charge in [0.1, 0.15) is 5.75 Å². The fourth-order valence-electron chi connectivity index (χ4n) is 3.33. The number of ether oxygens (including phenoxy) is 1. The van der Waals surface area contributed by atoms with Crippen molar-refractivity contribution in [2.45, 2.75) is 59.8 Å². The molecule has 0 bridgehead atoms. The molecule has 0 aromatic heterocycles. The van der Waals surface area contributed by atoms with Gasteiger partial charge in [-0.25, -0.2) is 0 Å². The first kappa shape index (κ1) is 18.1. The van der Waals surface area contributed by atoms with E-state index < -0.39 is 0 Å². The highest BCUT2D eigenvalue weighted by Gasteiger charge is 2.34. The minimum atomic E-state index is -0.0650. The summed E-state index contributed by atoms with van der Waals surface area (Å²) in [6.07, 6.45) is 3.68. The van der Waals surface area contributed by atoms with Gasteiger partial charge in [-0.1, -0.05) is 52.3 Å². The van der Waals surface area contributed by atoms with E-state index in [0.29, 0.717) is 35.3 Å². The van der Waals surface area contributed by atoms with E-state index >= 15 is 0 Å². The van der Waals surface area contributed by atoms with Gasteiger partial charge >= 0.3 is 0 Å². The number of ketones is 1. The third-order valence-corrected chi connectivity index (χ3v) is 4.93. The second-order valence-electron chi connectivity index (χ2n) is 7.10. The summed E-state index contributed by atoms with van der Waals surface area (Å²) in [5, 5.41) is 0.609. The molecule has 1 aromatic carbocycles. The molecule has 0 aliphatic heterocycles. The molecule has 0 amide bonds. The number of fused-ring (bicyclic) bond motifs is 1.